The van der Waals surface area contributed by atoms with Crippen molar-refractivity contribution in [1.29, 1.82) is 0 Å². The van der Waals surface area contributed by atoms with Crippen molar-refractivity contribution < 1.29 is 0 Å². The van der Waals surface area contributed by atoms with Gasteiger partial charge < -0.3 is 0 Å². The molecule has 0 aromatic heterocycles. The van der Waals surface area contributed by atoms with Gasteiger partial charge in [0.15, 0.2) is 0 Å². The van der Waals surface area contributed by atoms with E-state index in [1.54, 1.807) is 6.07 Å². The molecule has 0 N–H and O–H groups in total. The molecule has 2 rings (SSSR count). The lowest BCUT2D eigenvalue weighted by atomic mass is 10.0. The second-order valence-corrected chi connectivity index (χ2v) is 5.90. The molecule has 1 aromatic carbocycles. The highest BCUT2D eigenvalue weighted by Crippen LogP contribution is 2.27. The fraction of sp³-hybridized carbons (Fsp3) is 0.429. The number of halogens is 3. The van der Waals surface area contributed by atoms with Gasteiger partial charge in [0.1, 0.15) is 0 Å². The second kappa shape index (κ2) is 6.13. The van der Waals surface area contributed by atoms with E-state index in [9.17, 15) is 0 Å². The number of hydrogen-bond acceptors (Lipinski definition) is 0. The number of alkyl halides is 1. The molecule has 92 valence electrons. The van der Waals surface area contributed by atoms with Crippen LogP contribution in [0.5, 0.6) is 0 Å². The van der Waals surface area contributed by atoms with E-state index in [0.717, 1.165) is 29.8 Å². The van der Waals surface area contributed by atoms with Gasteiger partial charge >= 0.3 is 0 Å². The molecule has 0 heterocycles. The summed E-state index contributed by atoms with van der Waals surface area (Å²) >= 11 is 18.3. The molecule has 0 spiro atoms. The van der Waals surface area contributed by atoms with Crippen molar-refractivity contribution in [3.05, 3.63) is 45.5 Å². The molecule has 0 saturated carbocycles. The molecular formula is C14H15Cl3. The second-order valence-electron chi connectivity index (χ2n) is 4.50. The summed E-state index contributed by atoms with van der Waals surface area (Å²) in [4.78, 5) is 0. The summed E-state index contributed by atoms with van der Waals surface area (Å²) in [5.74, 6) is 0. The van der Waals surface area contributed by atoms with Gasteiger partial charge in [-0.05, 0) is 43.4 Å². The van der Waals surface area contributed by atoms with E-state index in [2.05, 4.69) is 6.08 Å². The van der Waals surface area contributed by atoms with Crippen molar-refractivity contribution in [2.75, 3.05) is 0 Å². The molecule has 1 atom stereocenters. The van der Waals surface area contributed by atoms with Crippen LogP contribution in [0.1, 0.15) is 31.2 Å². The fourth-order valence-corrected chi connectivity index (χ4v) is 2.98. The first-order chi connectivity index (χ1) is 8.15. The van der Waals surface area contributed by atoms with Gasteiger partial charge in [-0.2, -0.15) is 0 Å². The first-order valence-electron chi connectivity index (χ1n) is 5.93. The Labute approximate surface area is 118 Å². The van der Waals surface area contributed by atoms with E-state index >= 15 is 0 Å². The number of rotatable bonds is 2. The standard InChI is InChI=1S/C14H15Cl3/c15-12-4-2-1-3-10(8-12)7-11-5-6-13(16)9-14(11)17/h5-6,8-9,12H,1-4,7H2. The fourth-order valence-electron chi connectivity index (χ4n) is 2.17. The summed E-state index contributed by atoms with van der Waals surface area (Å²) < 4.78 is 0. The van der Waals surface area contributed by atoms with Crippen molar-refractivity contribution >= 4 is 34.8 Å². The molecule has 1 unspecified atom stereocenters. The van der Waals surface area contributed by atoms with E-state index in [1.165, 1.54) is 18.4 Å². The zero-order valence-corrected chi connectivity index (χ0v) is 11.8. The zero-order valence-electron chi connectivity index (χ0n) is 9.56. The van der Waals surface area contributed by atoms with Crippen LogP contribution in [0, 0.1) is 0 Å². The Morgan fingerprint density at radius 2 is 2.00 bits per heavy atom. The minimum absolute atomic E-state index is 0.179. The van der Waals surface area contributed by atoms with Crippen LogP contribution in [0.25, 0.3) is 0 Å². The monoisotopic (exact) mass is 288 g/mol. The third kappa shape index (κ3) is 3.91. The lowest BCUT2D eigenvalue weighted by Gasteiger charge is -2.08. The molecule has 1 aliphatic rings. The highest BCUT2D eigenvalue weighted by molar-refractivity contribution is 6.35. The van der Waals surface area contributed by atoms with Crippen LogP contribution in [0.15, 0.2) is 29.8 Å². The molecule has 0 radical (unpaired) electrons. The van der Waals surface area contributed by atoms with Crippen molar-refractivity contribution in [1.82, 2.24) is 0 Å². The van der Waals surface area contributed by atoms with Gasteiger partial charge in [-0.3, -0.25) is 0 Å². The van der Waals surface area contributed by atoms with Gasteiger partial charge in [0.2, 0.25) is 0 Å². The smallest absolute Gasteiger partial charge is 0.0518 e. The van der Waals surface area contributed by atoms with Crippen LogP contribution in [0.3, 0.4) is 0 Å². The third-order valence-corrected chi connectivity index (χ3v) is 4.01. The molecule has 0 saturated heterocycles. The molecule has 0 bridgehead atoms. The molecule has 1 aromatic rings. The average Bonchev–Trinajstić information content (AvgIpc) is 2.47. The SMILES string of the molecule is Clc1ccc(CC2=CC(Cl)CCCC2)c(Cl)c1. The van der Waals surface area contributed by atoms with Crippen molar-refractivity contribution in [2.45, 2.75) is 37.5 Å². The predicted octanol–water partition coefficient (Wildman–Crippen LogP) is 5.64. The summed E-state index contributed by atoms with van der Waals surface area (Å²) in [7, 11) is 0. The maximum Gasteiger partial charge on any atom is 0.0518 e. The summed E-state index contributed by atoms with van der Waals surface area (Å²) in [6.07, 6.45) is 7.73. The lowest BCUT2D eigenvalue weighted by Crippen LogP contribution is -1.95. The molecule has 0 fully saturated rings. The quantitative estimate of drug-likeness (QED) is 0.488. The molecule has 0 aliphatic heterocycles. The van der Waals surface area contributed by atoms with E-state index in [1.807, 2.05) is 12.1 Å². The van der Waals surface area contributed by atoms with Crippen molar-refractivity contribution in [3.8, 4) is 0 Å². The molecule has 3 heteroatoms. The van der Waals surface area contributed by atoms with E-state index < -0.39 is 0 Å². The minimum atomic E-state index is 0.179. The Balaban J connectivity index is 2.14. The normalized spacial score (nSPS) is 20.9. The van der Waals surface area contributed by atoms with Crippen LogP contribution in [-0.2, 0) is 6.42 Å². The Hall–Kier alpha value is -0.170. The highest BCUT2D eigenvalue weighted by atomic mass is 35.5. The van der Waals surface area contributed by atoms with E-state index in [-0.39, 0.29) is 5.38 Å². The molecule has 0 nitrogen and oxygen atoms in total. The Bertz CT molecular complexity index is 423. The van der Waals surface area contributed by atoms with E-state index in [4.69, 9.17) is 34.8 Å². The maximum absolute atomic E-state index is 6.22. The van der Waals surface area contributed by atoms with Crippen LogP contribution >= 0.6 is 34.8 Å². The van der Waals surface area contributed by atoms with Gasteiger partial charge in [0.25, 0.3) is 0 Å². The minimum Gasteiger partial charge on any atom is -0.118 e. The molecule has 0 amide bonds. The maximum atomic E-state index is 6.22. The predicted molar refractivity (Wildman–Crippen MR) is 76.4 cm³/mol. The number of hydrogen-bond donors (Lipinski definition) is 0. The Kier molecular flexibility index (Phi) is 4.78. The summed E-state index contributed by atoms with van der Waals surface area (Å²) in [6, 6.07) is 5.69. The van der Waals surface area contributed by atoms with Crippen LogP contribution in [0.2, 0.25) is 10.0 Å². The number of allylic oxidation sites excluding steroid dienone is 2. The Morgan fingerprint density at radius 3 is 2.76 bits per heavy atom. The third-order valence-electron chi connectivity index (χ3n) is 3.08. The van der Waals surface area contributed by atoms with Crippen molar-refractivity contribution in [2.24, 2.45) is 0 Å². The van der Waals surface area contributed by atoms with Gasteiger partial charge in [-0.1, -0.05) is 47.3 Å². The number of benzene rings is 1. The van der Waals surface area contributed by atoms with Crippen LogP contribution in [-0.4, -0.2) is 5.38 Å². The van der Waals surface area contributed by atoms with Crippen LogP contribution in [0.4, 0.5) is 0 Å². The van der Waals surface area contributed by atoms with Crippen LogP contribution < -0.4 is 0 Å². The molecular weight excluding hydrogens is 275 g/mol. The summed E-state index contributed by atoms with van der Waals surface area (Å²) in [5, 5.41) is 1.61. The Morgan fingerprint density at radius 1 is 1.18 bits per heavy atom. The van der Waals surface area contributed by atoms with Gasteiger partial charge in [-0.15, -0.1) is 11.6 Å². The highest BCUT2D eigenvalue weighted by Gasteiger charge is 2.11. The van der Waals surface area contributed by atoms with Crippen molar-refractivity contribution in [3.63, 3.8) is 0 Å². The first-order valence-corrected chi connectivity index (χ1v) is 7.12. The van der Waals surface area contributed by atoms with E-state index in [0.29, 0.717) is 5.02 Å². The summed E-state index contributed by atoms with van der Waals surface area (Å²) in [5.41, 5.74) is 2.53. The first kappa shape index (κ1) is 13.3. The molecule has 1 aliphatic carbocycles. The van der Waals surface area contributed by atoms with Gasteiger partial charge in [-0.25, -0.2) is 0 Å². The summed E-state index contributed by atoms with van der Waals surface area (Å²) in [6.45, 7) is 0. The topological polar surface area (TPSA) is 0 Å². The van der Waals surface area contributed by atoms with Gasteiger partial charge in [0.05, 0.1) is 5.38 Å². The molecule has 17 heavy (non-hydrogen) atoms. The van der Waals surface area contributed by atoms with Gasteiger partial charge in [0, 0.05) is 10.0 Å². The average molecular weight is 290 g/mol. The lowest BCUT2D eigenvalue weighted by molar-refractivity contribution is 0.710. The largest absolute Gasteiger partial charge is 0.118 e. The zero-order chi connectivity index (χ0) is 12.3.